The Morgan fingerprint density at radius 2 is 1.77 bits per heavy atom. The highest BCUT2D eigenvalue weighted by molar-refractivity contribution is 7.94. The molecule has 0 N–H and O–H groups in total. The van der Waals surface area contributed by atoms with Crippen LogP contribution in [0.3, 0.4) is 0 Å². The average molecular weight is 328 g/mol. The Morgan fingerprint density at radius 3 is 2.41 bits per heavy atom. The summed E-state index contributed by atoms with van der Waals surface area (Å²) in [5, 5.41) is 0. The maximum atomic E-state index is 5.81. The Bertz CT molecular complexity index is 425. The standard InChI is InChI=1S/C17H28O4S/c1-6-19-13(3)8-9-15-10-16(21-14(4)20-7-2)12-17(11-15)22-18-5/h10-14H,6-9H2,1-5H3. The summed E-state index contributed by atoms with van der Waals surface area (Å²) in [7, 11) is 1.66. The van der Waals surface area contributed by atoms with Crippen molar-refractivity contribution in [3.8, 4) is 5.75 Å². The van der Waals surface area contributed by atoms with E-state index in [4.69, 9.17) is 18.4 Å². The molecule has 22 heavy (non-hydrogen) atoms. The zero-order valence-electron chi connectivity index (χ0n) is 14.3. The molecule has 0 saturated carbocycles. The van der Waals surface area contributed by atoms with Gasteiger partial charge in [-0.25, -0.2) is 0 Å². The molecule has 1 rings (SSSR count). The number of ether oxygens (including phenoxy) is 3. The maximum Gasteiger partial charge on any atom is 0.196 e. The van der Waals surface area contributed by atoms with Crippen LogP contribution in [0.25, 0.3) is 0 Å². The first kappa shape index (κ1) is 19.3. The van der Waals surface area contributed by atoms with Crippen molar-refractivity contribution in [2.75, 3.05) is 20.3 Å². The van der Waals surface area contributed by atoms with Crippen LogP contribution in [0.1, 0.15) is 39.7 Å². The first-order valence-corrected chi connectivity index (χ1v) is 8.57. The number of benzene rings is 1. The van der Waals surface area contributed by atoms with Gasteiger partial charge in [0.15, 0.2) is 6.29 Å². The Balaban J connectivity index is 2.75. The van der Waals surface area contributed by atoms with E-state index in [9.17, 15) is 0 Å². The van der Waals surface area contributed by atoms with Crippen molar-refractivity contribution in [3.63, 3.8) is 0 Å². The lowest BCUT2D eigenvalue weighted by Crippen LogP contribution is -2.16. The van der Waals surface area contributed by atoms with E-state index in [-0.39, 0.29) is 12.4 Å². The van der Waals surface area contributed by atoms with Gasteiger partial charge in [-0.3, -0.25) is 0 Å². The van der Waals surface area contributed by atoms with E-state index in [1.165, 1.54) is 17.6 Å². The monoisotopic (exact) mass is 328 g/mol. The lowest BCUT2D eigenvalue weighted by atomic mass is 10.1. The van der Waals surface area contributed by atoms with Crippen LogP contribution in [-0.2, 0) is 20.1 Å². The minimum atomic E-state index is -0.261. The Kier molecular flexibility index (Phi) is 9.55. The summed E-state index contributed by atoms with van der Waals surface area (Å²) in [6, 6.07) is 6.16. The van der Waals surface area contributed by atoms with Gasteiger partial charge >= 0.3 is 0 Å². The molecule has 1 aromatic rings. The van der Waals surface area contributed by atoms with E-state index < -0.39 is 0 Å². The first-order valence-electron chi connectivity index (χ1n) is 7.83. The number of rotatable bonds is 11. The smallest absolute Gasteiger partial charge is 0.196 e. The third-order valence-corrected chi connectivity index (χ3v) is 3.71. The van der Waals surface area contributed by atoms with Gasteiger partial charge in [0.05, 0.1) is 13.2 Å². The summed E-state index contributed by atoms with van der Waals surface area (Å²) in [5.74, 6) is 0.807. The highest BCUT2D eigenvalue weighted by Gasteiger charge is 2.09. The van der Waals surface area contributed by atoms with Crippen molar-refractivity contribution in [3.05, 3.63) is 23.8 Å². The molecule has 5 heteroatoms. The second kappa shape index (κ2) is 10.9. The van der Waals surface area contributed by atoms with Crippen LogP contribution in [0.5, 0.6) is 5.75 Å². The molecule has 0 fully saturated rings. The highest BCUT2D eigenvalue weighted by atomic mass is 32.2. The second-order valence-electron chi connectivity index (χ2n) is 5.01. The Hall–Kier alpha value is -0.750. The summed E-state index contributed by atoms with van der Waals surface area (Å²) < 4.78 is 22.0. The van der Waals surface area contributed by atoms with E-state index >= 15 is 0 Å². The quantitative estimate of drug-likeness (QED) is 0.443. The summed E-state index contributed by atoms with van der Waals surface area (Å²) >= 11 is 1.34. The topological polar surface area (TPSA) is 36.9 Å². The molecule has 4 nitrogen and oxygen atoms in total. The van der Waals surface area contributed by atoms with Gasteiger partial charge in [0, 0.05) is 30.2 Å². The van der Waals surface area contributed by atoms with E-state index in [0.29, 0.717) is 6.61 Å². The molecular weight excluding hydrogens is 300 g/mol. The molecule has 0 aliphatic rings. The van der Waals surface area contributed by atoms with Crippen molar-refractivity contribution < 1.29 is 18.4 Å². The molecule has 0 amide bonds. The molecule has 0 saturated heterocycles. The van der Waals surface area contributed by atoms with Crippen molar-refractivity contribution in [1.82, 2.24) is 0 Å². The molecule has 1 aromatic carbocycles. The fourth-order valence-electron chi connectivity index (χ4n) is 2.19. The van der Waals surface area contributed by atoms with Crippen LogP contribution >= 0.6 is 12.0 Å². The first-order chi connectivity index (χ1) is 10.6. The lowest BCUT2D eigenvalue weighted by molar-refractivity contribution is -0.0614. The van der Waals surface area contributed by atoms with Gasteiger partial charge in [0.25, 0.3) is 0 Å². The zero-order valence-corrected chi connectivity index (χ0v) is 15.1. The van der Waals surface area contributed by atoms with Crippen LogP contribution in [0.4, 0.5) is 0 Å². The molecule has 126 valence electrons. The van der Waals surface area contributed by atoms with Crippen LogP contribution in [-0.4, -0.2) is 32.7 Å². The van der Waals surface area contributed by atoms with Crippen LogP contribution < -0.4 is 4.74 Å². The molecule has 2 atom stereocenters. The largest absolute Gasteiger partial charge is 0.465 e. The van der Waals surface area contributed by atoms with Gasteiger partial charge in [0.2, 0.25) is 0 Å². The molecule has 0 aliphatic heterocycles. The fourth-order valence-corrected chi connectivity index (χ4v) is 2.74. The van der Waals surface area contributed by atoms with Crippen LogP contribution in [0.2, 0.25) is 0 Å². The molecule has 2 unspecified atom stereocenters. The molecule has 0 heterocycles. The predicted molar refractivity (Wildman–Crippen MR) is 90.4 cm³/mol. The molecule has 0 radical (unpaired) electrons. The highest BCUT2D eigenvalue weighted by Crippen LogP contribution is 2.27. The van der Waals surface area contributed by atoms with Gasteiger partial charge < -0.3 is 18.4 Å². The van der Waals surface area contributed by atoms with Crippen molar-refractivity contribution in [1.29, 1.82) is 0 Å². The van der Waals surface area contributed by atoms with E-state index in [2.05, 4.69) is 19.1 Å². The summed E-state index contributed by atoms with van der Waals surface area (Å²) in [4.78, 5) is 1.03. The van der Waals surface area contributed by atoms with E-state index in [1.54, 1.807) is 7.11 Å². The number of hydrogen-bond acceptors (Lipinski definition) is 5. The zero-order chi connectivity index (χ0) is 16.4. The summed E-state index contributed by atoms with van der Waals surface area (Å²) in [5.41, 5.74) is 1.22. The average Bonchev–Trinajstić information content (AvgIpc) is 2.46. The second-order valence-corrected chi connectivity index (χ2v) is 5.98. The van der Waals surface area contributed by atoms with E-state index in [1.807, 2.05) is 26.8 Å². The predicted octanol–water partition coefficient (Wildman–Crippen LogP) is 4.46. The number of aryl methyl sites for hydroxylation is 1. The Morgan fingerprint density at radius 1 is 1.05 bits per heavy atom. The normalized spacial score (nSPS) is 13.9. The van der Waals surface area contributed by atoms with Crippen molar-refractivity contribution in [2.45, 2.75) is 57.8 Å². The van der Waals surface area contributed by atoms with E-state index in [0.717, 1.165) is 30.1 Å². The third-order valence-electron chi connectivity index (χ3n) is 3.11. The van der Waals surface area contributed by atoms with Gasteiger partial charge in [-0.2, -0.15) is 0 Å². The fraction of sp³-hybridized carbons (Fsp3) is 0.647. The minimum Gasteiger partial charge on any atom is -0.465 e. The summed E-state index contributed by atoms with van der Waals surface area (Å²) in [6.45, 7) is 9.36. The van der Waals surface area contributed by atoms with Crippen molar-refractivity contribution >= 4 is 12.0 Å². The third kappa shape index (κ3) is 7.49. The Labute approximate surface area is 138 Å². The molecule has 0 aromatic heterocycles. The van der Waals surface area contributed by atoms with Gasteiger partial charge in [-0.15, -0.1) is 0 Å². The summed E-state index contributed by atoms with van der Waals surface area (Å²) in [6.07, 6.45) is 1.92. The van der Waals surface area contributed by atoms with Crippen LogP contribution in [0.15, 0.2) is 23.1 Å². The van der Waals surface area contributed by atoms with Crippen LogP contribution in [0, 0.1) is 0 Å². The SMILES string of the molecule is CCOC(C)CCc1cc(OC(C)OCC)cc(SOC)c1. The molecule has 0 aliphatic carbocycles. The van der Waals surface area contributed by atoms with Gasteiger partial charge in [-0.05, 0) is 64.3 Å². The van der Waals surface area contributed by atoms with Crippen molar-refractivity contribution in [2.24, 2.45) is 0 Å². The lowest BCUT2D eigenvalue weighted by Gasteiger charge is -2.17. The molecular formula is C17H28O4S. The minimum absolute atomic E-state index is 0.260. The number of hydrogen-bond donors (Lipinski definition) is 0. The van der Waals surface area contributed by atoms with Gasteiger partial charge in [-0.1, -0.05) is 0 Å². The molecule has 0 bridgehead atoms. The maximum absolute atomic E-state index is 5.81. The van der Waals surface area contributed by atoms with Gasteiger partial charge in [0.1, 0.15) is 5.75 Å². The molecule has 0 spiro atoms.